The highest BCUT2D eigenvalue weighted by Crippen LogP contribution is 2.30. The van der Waals surface area contributed by atoms with E-state index in [0.717, 1.165) is 22.5 Å². The molecule has 2 aromatic rings. The summed E-state index contributed by atoms with van der Waals surface area (Å²) in [7, 11) is -4.25. The largest absolute Gasteiger partial charge is 0.368 e. The van der Waals surface area contributed by atoms with Crippen LogP contribution in [0.4, 0.5) is 11.4 Å². The van der Waals surface area contributed by atoms with E-state index >= 15 is 0 Å². The summed E-state index contributed by atoms with van der Waals surface area (Å²) in [4.78, 5) is 21.1. The van der Waals surface area contributed by atoms with Gasteiger partial charge in [-0.3, -0.25) is 19.2 Å². The van der Waals surface area contributed by atoms with Crippen LogP contribution in [0.5, 0.6) is 0 Å². The second-order valence-electron chi connectivity index (χ2n) is 4.68. The SMILES string of the molecule is NC(=O)CN(c1ccccc1)S(=O)(=O)c1ccc(Cl)c([N+](=O)[O-])c1. The number of halogens is 1. The normalized spacial score (nSPS) is 11.0. The summed E-state index contributed by atoms with van der Waals surface area (Å²) in [5.41, 5.74) is 4.78. The predicted molar refractivity (Wildman–Crippen MR) is 88.3 cm³/mol. The number of rotatable bonds is 6. The monoisotopic (exact) mass is 369 g/mol. The third-order valence-electron chi connectivity index (χ3n) is 3.05. The van der Waals surface area contributed by atoms with Crippen LogP contribution in [0.25, 0.3) is 0 Å². The molecule has 0 saturated carbocycles. The quantitative estimate of drug-likeness (QED) is 0.615. The van der Waals surface area contributed by atoms with Gasteiger partial charge in [0.15, 0.2) is 0 Å². The molecule has 0 aliphatic heterocycles. The number of nitrogens with zero attached hydrogens (tertiary/aromatic N) is 2. The first-order valence-corrected chi connectivity index (χ1v) is 8.35. The highest BCUT2D eigenvalue weighted by atomic mass is 35.5. The van der Waals surface area contributed by atoms with E-state index in [4.69, 9.17) is 17.3 Å². The molecule has 0 heterocycles. The van der Waals surface area contributed by atoms with E-state index in [0.29, 0.717) is 0 Å². The van der Waals surface area contributed by atoms with Crippen molar-refractivity contribution in [3.05, 3.63) is 63.7 Å². The Morgan fingerprint density at radius 2 is 1.83 bits per heavy atom. The van der Waals surface area contributed by atoms with Crippen molar-refractivity contribution in [2.45, 2.75) is 4.90 Å². The number of benzene rings is 2. The van der Waals surface area contributed by atoms with Gasteiger partial charge in [-0.2, -0.15) is 0 Å². The van der Waals surface area contributed by atoms with E-state index < -0.39 is 33.1 Å². The summed E-state index contributed by atoms with van der Waals surface area (Å²) >= 11 is 5.70. The summed E-state index contributed by atoms with van der Waals surface area (Å²) in [6.45, 7) is -0.608. The zero-order valence-electron chi connectivity index (χ0n) is 12.1. The van der Waals surface area contributed by atoms with Gasteiger partial charge in [0.25, 0.3) is 15.7 Å². The Morgan fingerprint density at radius 3 is 2.38 bits per heavy atom. The first-order valence-electron chi connectivity index (χ1n) is 6.53. The van der Waals surface area contributed by atoms with Crippen molar-refractivity contribution in [2.75, 3.05) is 10.8 Å². The predicted octanol–water partition coefficient (Wildman–Crippen LogP) is 1.93. The van der Waals surface area contributed by atoms with Crippen molar-refractivity contribution in [1.29, 1.82) is 0 Å². The Balaban J connectivity index is 2.58. The van der Waals surface area contributed by atoms with Gasteiger partial charge in [0.1, 0.15) is 11.6 Å². The topological polar surface area (TPSA) is 124 Å². The van der Waals surface area contributed by atoms with Crippen LogP contribution < -0.4 is 10.0 Å². The molecule has 2 rings (SSSR count). The maximum Gasteiger partial charge on any atom is 0.289 e. The molecule has 10 heteroatoms. The molecule has 8 nitrogen and oxygen atoms in total. The van der Waals surface area contributed by atoms with Crippen molar-refractivity contribution >= 4 is 38.9 Å². The van der Waals surface area contributed by atoms with Gasteiger partial charge in [-0.05, 0) is 24.3 Å². The standard InChI is InChI=1S/C14H12ClN3O5S/c15-12-7-6-11(8-13(12)18(20)21)24(22,23)17(9-14(16)19)10-4-2-1-3-5-10/h1-8H,9H2,(H2,16,19). The molecule has 0 radical (unpaired) electrons. The van der Waals surface area contributed by atoms with Gasteiger partial charge < -0.3 is 5.73 Å². The minimum atomic E-state index is -4.25. The Morgan fingerprint density at radius 1 is 1.21 bits per heavy atom. The van der Waals surface area contributed by atoms with Crippen molar-refractivity contribution in [2.24, 2.45) is 5.73 Å². The molecular weight excluding hydrogens is 358 g/mol. The molecule has 0 bridgehead atoms. The Kier molecular flexibility index (Phi) is 5.05. The third-order valence-corrected chi connectivity index (χ3v) is 5.14. The van der Waals surface area contributed by atoms with E-state index in [1.54, 1.807) is 18.2 Å². The minimum Gasteiger partial charge on any atom is -0.368 e. The molecule has 2 N–H and O–H groups in total. The lowest BCUT2D eigenvalue weighted by molar-refractivity contribution is -0.384. The molecule has 0 aromatic heterocycles. The molecule has 24 heavy (non-hydrogen) atoms. The second kappa shape index (κ2) is 6.85. The van der Waals surface area contributed by atoms with Crippen LogP contribution in [0.3, 0.4) is 0 Å². The number of primary amides is 1. The van der Waals surface area contributed by atoms with Gasteiger partial charge in [0.05, 0.1) is 15.5 Å². The number of carbonyl (C=O) groups excluding carboxylic acids is 1. The van der Waals surface area contributed by atoms with Crippen molar-refractivity contribution in [1.82, 2.24) is 0 Å². The first kappa shape index (κ1) is 17.7. The maximum atomic E-state index is 12.8. The van der Waals surface area contributed by atoms with Crippen molar-refractivity contribution in [3.63, 3.8) is 0 Å². The number of nitrogens with two attached hydrogens (primary N) is 1. The highest BCUT2D eigenvalue weighted by Gasteiger charge is 2.28. The lowest BCUT2D eigenvalue weighted by Gasteiger charge is -2.23. The van der Waals surface area contributed by atoms with Gasteiger partial charge in [-0.25, -0.2) is 8.42 Å². The molecule has 1 amide bonds. The van der Waals surface area contributed by atoms with E-state index in [1.165, 1.54) is 12.1 Å². The molecule has 0 saturated heterocycles. The van der Waals surface area contributed by atoms with Crippen molar-refractivity contribution in [3.8, 4) is 0 Å². The number of hydrogen-bond acceptors (Lipinski definition) is 5. The van der Waals surface area contributed by atoms with Gasteiger partial charge in [-0.15, -0.1) is 0 Å². The van der Waals surface area contributed by atoms with E-state index in [-0.39, 0.29) is 15.6 Å². The van der Waals surface area contributed by atoms with Gasteiger partial charge in [0.2, 0.25) is 5.91 Å². The van der Waals surface area contributed by atoms with Crippen LogP contribution in [0.1, 0.15) is 0 Å². The van der Waals surface area contributed by atoms with Crippen molar-refractivity contribution < 1.29 is 18.1 Å². The molecule has 0 spiro atoms. The molecule has 0 aliphatic rings. The number of anilines is 1. The maximum absolute atomic E-state index is 12.8. The lowest BCUT2D eigenvalue weighted by atomic mass is 10.3. The molecular formula is C14H12ClN3O5S. The van der Waals surface area contributed by atoms with E-state index in [9.17, 15) is 23.3 Å². The fraction of sp³-hybridized carbons (Fsp3) is 0.0714. The summed E-state index contributed by atoms with van der Waals surface area (Å²) in [5, 5.41) is 10.8. The first-order chi connectivity index (χ1) is 11.2. The molecule has 0 atom stereocenters. The van der Waals surface area contributed by atoms with E-state index in [1.807, 2.05) is 0 Å². The summed E-state index contributed by atoms with van der Waals surface area (Å²) in [6, 6.07) is 10.9. The Bertz CT molecular complexity index is 887. The molecule has 0 fully saturated rings. The van der Waals surface area contributed by atoms with Crippen LogP contribution in [0.2, 0.25) is 5.02 Å². The van der Waals surface area contributed by atoms with Crippen LogP contribution in [0.15, 0.2) is 53.4 Å². The summed E-state index contributed by atoms with van der Waals surface area (Å²) in [6.07, 6.45) is 0. The number of nitro benzene ring substituents is 1. The van der Waals surface area contributed by atoms with Gasteiger partial charge >= 0.3 is 0 Å². The van der Waals surface area contributed by atoms with Crippen LogP contribution >= 0.6 is 11.6 Å². The second-order valence-corrected chi connectivity index (χ2v) is 6.95. The Hall–Kier alpha value is -2.65. The third kappa shape index (κ3) is 3.63. The van der Waals surface area contributed by atoms with Gasteiger partial charge in [-0.1, -0.05) is 29.8 Å². The Labute approximate surface area is 142 Å². The number of amides is 1. The number of nitro groups is 1. The average molecular weight is 370 g/mol. The number of para-hydroxylation sites is 1. The van der Waals surface area contributed by atoms with Crippen LogP contribution in [-0.2, 0) is 14.8 Å². The van der Waals surface area contributed by atoms with Gasteiger partial charge in [0, 0.05) is 6.07 Å². The zero-order valence-corrected chi connectivity index (χ0v) is 13.7. The fourth-order valence-electron chi connectivity index (χ4n) is 1.97. The summed E-state index contributed by atoms with van der Waals surface area (Å²) in [5.74, 6) is -0.870. The number of hydrogen-bond donors (Lipinski definition) is 1. The molecule has 0 unspecified atom stereocenters. The van der Waals surface area contributed by atoms with Crippen LogP contribution in [0, 0.1) is 10.1 Å². The fourth-order valence-corrected chi connectivity index (χ4v) is 3.61. The summed E-state index contributed by atoms with van der Waals surface area (Å²) < 4.78 is 26.4. The zero-order chi connectivity index (χ0) is 17.9. The molecule has 2 aromatic carbocycles. The lowest BCUT2D eigenvalue weighted by Crippen LogP contribution is -2.38. The average Bonchev–Trinajstić information content (AvgIpc) is 2.53. The number of sulfonamides is 1. The molecule has 0 aliphatic carbocycles. The smallest absolute Gasteiger partial charge is 0.289 e. The molecule has 126 valence electrons. The minimum absolute atomic E-state index is 0.194. The van der Waals surface area contributed by atoms with Crippen LogP contribution in [-0.4, -0.2) is 25.8 Å². The number of carbonyl (C=O) groups is 1. The highest BCUT2D eigenvalue weighted by molar-refractivity contribution is 7.92. The van der Waals surface area contributed by atoms with E-state index in [2.05, 4.69) is 0 Å².